The number of ether oxygens (including phenoxy) is 1. The van der Waals surface area contributed by atoms with E-state index in [-0.39, 0.29) is 23.9 Å². The van der Waals surface area contributed by atoms with Gasteiger partial charge in [0.2, 0.25) is 0 Å². The maximum Gasteiger partial charge on any atom is 0.333 e. The van der Waals surface area contributed by atoms with Gasteiger partial charge in [-0.3, -0.25) is 4.79 Å². The number of ketones is 1. The van der Waals surface area contributed by atoms with E-state index in [0.29, 0.717) is 17.7 Å². The maximum absolute atomic E-state index is 13.8. The van der Waals surface area contributed by atoms with Gasteiger partial charge in [0, 0.05) is 23.9 Å². The van der Waals surface area contributed by atoms with Gasteiger partial charge in [-0.15, -0.1) is 0 Å². The number of benzene rings is 3. The van der Waals surface area contributed by atoms with Gasteiger partial charge in [-0.1, -0.05) is 74.5 Å². The molecule has 3 aromatic rings. The molecule has 0 bridgehead atoms. The topological polar surface area (TPSA) is 67.4 Å². The Hall–Kier alpha value is -3.58. The molecule has 0 radical (unpaired) electrons. The van der Waals surface area contributed by atoms with Gasteiger partial charge in [0.1, 0.15) is 17.7 Å². The van der Waals surface area contributed by atoms with Crippen LogP contribution in [0, 0.1) is 17.6 Å². The summed E-state index contributed by atoms with van der Waals surface area (Å²) in [7, 11) is 0. The van der Waals surface area contributed by atoms with E-state index in [1.54, 1.807) is 36.4 Å². The molecule has 2 atom stereocenters. The predicted molar refractivity (Wildman–Crippen MR) is 137 cm³/mol. The molecule has 0 aromatic heterocycles. The first-order valence-corrected chi connectivity index (χ1v) is 12.2. The quantitative estimate of drug-likeness (QED) is 0.227. The number of Topliss-reactive ketones (excluding diaryl/α,β-unsaturated/α-hetero) is 1. The summed E-state index contributed by atoms with van der Waals surface area (Å²) in [6, 6.07) is 19.9. The van der Waals surface area contributed by atoms with Crippen LogP contribution in [0.1, 0.15) is 48.7 Å². The zero-order valence-electron chi connectivity index (χ0n) is 20.5. The lowest BCUT2D eigenvalue weighted by Crippen LogP contribution is -2.40. The minimum atomic E-state index is -0.977. The first-order chi connectivity index (χ1) is 17.4. The molecule has 0 fully saturated rings. The van der Waals surface area contributed by atoms with E-state index in [1.165, 1.54) is 0 Å². The molecule has 3 aromatic carbocycles. The standard InChI is InChI=1S/C29H32F2N2O3/c1-3-20(4-2)27(19-32-18-26(34)21-11-7-5-8-12-21)36-29(35)28(22-13-9-6-10-14-22)33-25-16-23(30)15-24(31)17-25/h5-17,20,27-28,32-33H,3-4,18-19H2,1-2H3/t27-,28?/m0/s1. The number of carbonyl (C=O) groups excluding carboxylic acids is 2. The number of halogens is 2. The van der Waals surface area contributed by atoms with Crippen molar-refractivity contribution in [1.29, 1.82) is 0 Å². The molecular formula is C29H32F2N2O3. The number of hydrogen-bond donors (Lipinski definition) is 2. The van der Waals surface area contributed by atoms with E-state index in [0.717, 1.165) is 31.0 Å². The number of carbonyl (C=O) groups is 2. The van der Waals surface area contributed by atoms with Crippen molar-refractivity contribution in [2.75, 3.05) is 18.4 Å². The summed E-state index contributed by atoms with van der Waals surface area (Å²) in [5.74, 6) is -2.06. The Balaban J connectivity index is 1.75. The Morgan fingerprint density at radius 1 is 0.861 bits per heavy atom. The Bertz CT molecular complexity index is 1100. The lowest BCUT2D eigenvalue weighted by Gasteiger charge is -2.28. The molecule has 0 amide bonds. The summed E-state index contributed by atoms with van der Waals surface area (Å²) >= 11 is 0. The van der Waals surface area contributed by atoms with Gasteiger partial charge >= 0.3 is 5.97 Å². The van der Waals surface area contributed by atoms with Crippen LogP contribution in [0.4, 0.5) is 14.5 Å². The van der Waals surface area contributed by atoms with Crippen LogP contribution in [0.5, 0.6) is 0 Å². The van der Waals surface area contributed by atoms with Crippen molar-refractivity contribution in [3.63, 3.8) is 0 Å². The number of rotatable bonds is 13. The predicted octanol–water partition coefficient (Wildman–Crippen LogP) is 5.94. The summed E-state index contributed by atoms with van der Waals surface area (Å²) in [5, 5.41) is 6.06. The summed E-state index contributed by atoms with van der Waals surface area (Å²) in [4.78, 5) is 25.9. The highest BCUT2D eigenvalue weighted by atomic mass is 19.1. The van der Waals surface area contributed by atoms with E-state index in [2.05, 4.69) is 10.6 Å². The minimum Gasteiger partial charge on any atom is -0.459 e. The second kappa shape index (κ2) is 13.5. The van der Waals surface area contributed by atoms with Crippen molar-refractivity contribution in [2.24, 2.45) is 5.92 Å². The van der Waals surface area contributed by atoms with Gasteiger partial charge in [0.25, 0.3) is 0 Å². The first kappa shape index (κ1) is 27.0. The van der Waals surface area contributed by atoms with Gasteiger partial charge in [-0.25, -0.2) is 13.6 Å². The molecule has 0 aliphatic carbocycles. The van der Waals surface area contributed by atoms with Crippen molar-refractivity contribution in [1.82, 2.24) is 5.32 Å². The fraction of sp³-hybridized carbons (Fsp3) is 0.310. The van der Waals surface area contributed by atoms with Crippen LogP contribution < -0.4 is 10.6 Å². The minimum absolute atomic E-state index is 0.0535. The normalized spacial score (nSPS) is 12.7. The highest BCUT2D eigenvalue weighted by molar-refractivity contribution is 5.97. The van der Waals surface area contributed by atoms with Crippen LogP contribution in [0.2, 0.25) is 0 Å². The van der Waals surface area contributed by atoms with Crippen LogP contribution in [0.25, 0.3) is 0 Å². The fourth-order valence-corrected chi connectivity index (χ4v) is 4.12. The van der Waals surface area contributed by atoms with Crippen molar-refractivity contribution in [2.45, 2.75) is 38.8 Å². The molecule has 3 rings (SSSR count). The van der Waals surface area contributed by atoms with Gasteiger partial charge in [-0.05, 0) is 36.5 Å². The molecule has 0 spiro atoms. The molecule has 5 nitrogen and oxygen atoms in total. The third-order valence-electron chi connectivity index (χ3n) is 6.11. The Kier molecular flexibility index (Phi) is 10.1. The highest BCUT2D eigenvalue weighted by Crippen LogP contribution is 2.25. The zero-order valence-corrected chi connectivity index (χ0v) is 20.5. The van der Waals surface area contributed by atoms with Gasteiger partial charge in [0.15, 0.2) is 11.8 Å². The summed E-state index contributed by atoms with van der Waals surface area (Å²) in [6.45, 7) is 4.45. The average Bonchev–Trinajstić information content (AvgIpc) is 2.88. The summed E-state index contributed by atoms with van der Waals surface area (Å²) in [6.07, 6.45) is 1.07. The van der Waals surface area contributed by atoms with E-state index in [9.17, 15) is 18.4 Å². The molecular weight excluding hydrogens is 462 g/mol. The Labute approximate surface area is 210 Å². The molecule has 0 saturated heterocycles. The summed E-state index contributed by atoms with van der Waals surface area (Å²) < 4.78 is 33.5. The molecule has 0 saturated carbocycles. The molecule has 2 N–H and O–H groups in total. The van der Waals surface area contributed by atoms with Crippen LogP contribution in [-0.4, -0.2) is 30.9 Å². The van der Waals surface area contributed by atoms with Crippen LogP contribution in [0.15, 0.2) is 78.9 Å². The first-order valence-electron chi connectivity index (χ1n) is 12.2. The van der Waals surface area contributed by atoms with Crippen molar-refractivity contribution >= 4 is 17.4 Å². The molecule has 36 heavy (non-hydrogen) atoms. The lowest BCUT2D eigenvalue weighted by molar-refractivity contribution is -0.153. The van der Waals surface area contributed by atoms with E-state index < -0.39 is 29.7 Å². The van der Waals surface area contributed by atoms with E-state index in [1.807, 2.05) is 38.1 Å². The Morgan fingerprint density at radius 2 is 1.44 bits per heavy atom. The monoisotopic (exact) mass is 494 g/mol. The second-order valence-electron chi connectivity index (χ2n) is 8.62. The largest absolute Gasteiger partial charge is 0.459 e. The third-order valence-corrected chi connectivity index (χ3v) is 6.11. The van der Waals surface area contributed by atoms with Crippen LogP contribution in [0.3, 0.4) is 0 Å². The van der Waals surface area contributed by atoms with Crippen molar-refractivity contribution in [3.05, 3.63) is 102 Å². The van der Waals surface area contributed by atoms with E-state index >= 15 is 0 Å². The molecule has 0 aliphatic heterocycles. The number of nitrogens with one attached hydrogen (secondary N) is 2. The molecule has 0 heterocycles. The third kappa shape index (κ3) is 7.71. The van der Waals surface area contributed by atoms with Gasteiger partial charge in [0.05, 0.1) is 6.54 Å². The van der Waals surface area contributed by atoms with Gasteiger partial charge in [-0.2, -0.15) is 0 Å². The molecule has 1 unspecified atom stereocenters. The van der Waals surface area contributed by atoms with Gasteiger partial charge < -0.3 is 15.4 Å². The lowest BCUT2D eigenvalue weighted by atomic mass is 9.96. The molecule has 190 valence electrons. The average molecular weight is 495 g/mol. The fourth-order valence-electron chi connectivity index (χ4n) is 4.12. The molecule has 7 heteroatoms. The second-order valence-corrected chi connectivity index (χ2v) is 8.62. The molecule has 0 aliphatic rings. The smallest absolute Gasteiger partial charge is 0.333 e. The van der Waals surface area contributed by atoms with Crippen molar-refractivity contribution in [3.8, 4) is 0 Å². The maximum atomic E-state index is 13.8. The number of hydrogen-bond acceptors (Lipinski definition) is 5. The Morgan fingerprint density at radius 3 is 2.03 bits per heavy atom. The van der Waals surface area contributed by atoms with Crippen LogP contribution >= 0.6 is 0 Å². The SMILES string of the molecule is CCC(CC)[C@H](CNCC(=O)c1ccccc1)OC(=O)C(Nc1cc(F)cc(F)c1)c1ccccc1. The zero-order chi connectivity index (χ0) is 25.9. The van der Waals surface area contributed by atoms with Crippen molar-refractivity contribution < 1.29 is 23.1 Å². The number of esters is 1. The number of anilines is 1. The summed E-state index contributed by atoms with van der Waals surface area (Å²) in [5.41, 5.74) is 1.34. The van der Waals surface area contributed by atoms with Crippen LogP contribution in [-0.2, 0) is 9.53 Å². The highest BCUT2D eigenvalue weighted by Gasteiger charge is 2.29. The van der Waals surface area contributed by atoms with E-state index in [4.69, 9.17) is 4.74 Å².